The lowest BCUT2D eigenvalue weighted by Crippen LogP contribution is -2.50. The first-order valence-corrected chi connectivity index (χ1v) is 12.0. The number of nitrogens with zero attached hydrogens (tertiary/aromatic N) is 4. The van der Waals surface area contributed by atoms with Crippen LogP contribution in [0.5, 0.6) is 0 Å². The number of aliphatic hydroxyl groups is 1. The van der Waals surface area contributed by atoms with Crippen LogP contribution < -0.4 is 4.90 Å². The van der Waals surface area contributed by atoms with Gasteiger partial charge in [-0.2, -0.15) is 0 Å². The summed E-state index contributed by atoms with van der Waals surface area (Å²) < 4.78 is 12.6. The maximum absolute atomic E-state index is 13.0. The zero-order chi connectivity index (χ0) is 25.6. The number of hydrogen-bond donors (Lipinski definition) is 1. The number of piperazine rings is 1. The fourth-order valence-electron chi connectivity index (χ4n) is 4.08. The highest BCUT2D eigenvalue weighted by molar-refractivity contribution is 5.90. The van der Waals surface area contributed by atoms with Crippen molar-refractivity contribution in [3.8, 4) is 11.8 Å². The van der Waals surface area contributed by atoms with E-state index in [-0.39, 0.29) is 25.7 Å². The van der Waals surface area contributed by atoms with Crippen LogP contribution in [-0.2, 0) is 22.4 Å². The molecule has 1 aliphatic carbocycles. The van der Waals surface area contributed by atoms with Gasteiger partial charge in [0.1, 0.15) is 5.60 Å². The summed E-state index contributed by atoms with van der Waals surface area (Å²) in [7, 11) is 0. The van der Waals surface area contributed by atoms with Gasteiger partial charge in [0.25, 0.3) is 0 Å². The van der Waals surface area contributed by atoms with Gasteiger partial charge in [-0.15, -0.1) is 5.92 Å². The van der Waals surface area contributed by atoms with Gasteiger partial charge in [-0.3, -0.25) is 4.57 Å². The average molecular weight is 485 g/mol. The van der Waals surface area contributed by atoms with Crippen molar-refractivity contribution >= 4 is 18.0 Å². The van der Waals surface area contributed by atoms with Crippen LogP contribution in [0.1, 0.15) is 57.2 Å². The summed E-state index contributed by atoms with van der Waals surface area (Å²) in [5.74, 6) is 5.99. The van der Waals surface area contributed by atoms with Crippen molar-refractivity contribution in [2.24, 2.45) is 0 Å². The molecule has 2 heterocycles. The zero-order valence-electron chi connectivity index (χ0n) is 21.3. The molecule has 1 amide bonds. The summed E-state index contributed by atoms with van der Waals surface area (Å²) in [6.07, 6.45) is 7.54. The molecular weight excluding hydrogens is 448 g/mol. The third kappa shape index (κ3) is 6.67. The molecule has 0 radical (unpaired) electrons. The normalized spacial score (nSPS) is 19.8. The number of hydrogen-bond acceptors (Lipinski definition) is 7. The Hall–Kier alpha value is -3.25. The highest BCUT2D eigenvalue weighted by Crippen LogP contribution is 2.29. The molecule has 1 aromatic rings. The summed E-state index contributed by atoms with van der Waals surface area (Å²) in [6, 6.07) is 0. The largest absolute Gasteiger partial charge is 0.461 e. The SMILES string of the molecule is CC#CCn1c(N2CCN(C(=O)OC(C)(C)C)CC2)nc(CC2(O)C=CC=CC2)c1C(=O)OCC. The molecule has 1 saturated heterocycles. The second kappa shape index (κ2) is 11.0. The van der Waals surface area contributed by atoms with Crippen molar-refractivity contribution in [2.75, 3.05) is 37.7 Å². The highest BCUT2D eigenvalue weighted by Gasteiger charge is 2.34. The molecule has 190 valence electrons. The third-order valence-electron chi connectivity index (χ3n) is 5.72. The Labute approximate surface area is 207 Å². The van der Waals surface area contributed by atoms with Crippen LogP contribution in [0, 0.1) is 11.8 Å². The van der Waals surface area contributed by atoms with E-state index in [1.54, 1.807) is 35.5 Å². The molecule has 1 aliphatic heterocycles. The molecule has 2 aliphatic rings. The van der Waals surface area contributed by atoms with Crippen LogP contribution in [0.2, 0.25) is 0 Å². The van der Waals surface area contributed by atoms with Crippen LogP contribution in [-0.4, -0.2) is 75.6 Å². The molecule has 9 heteroatoms. The molecule has 0 spiro atoms. The minimum atomic E-state index is -1.14. The Kier molecular flexibility index (Phi) is 8.28. The Morgan fingerprint density at radius 2 is 1.91 bits per heavy atom. The highest BCUT2D eigenvalue weighted by atomic mass is 16.6. The van der Waals surface area contributed by atoms with Gasteiger partial charge >= 0.3 is 12.1 Å². The van der Waals surface area contributed by atoms with Gasteiger partial charge in [0.15, 0.2) is 5.69 Å². The number of carbonyl (C=O) groups is 2. The predicted molar refractivity (Wildman–Crippen MR) is 133 cm³/mol. The van der Waals surface area contributed by atoms with E-state index in [1.165, 1.54) is 0 Å². The summed E-state index contributed by atoms with van der Waals surface area (Å²) in [4.78, 5) is 34.1. The fourth-order valence-corrected chi connectivity index (χ4v) is 4.08. The van der Waals surface area contributed by atoms with Crippen LogP contribution in [0.4, 0.5) is 10.7 Å². The number of rotatable bonds is 6. The smallest absolute Gasteiger partial charge is 0.410 e. The van der Waals surface area contributed by atoms with Gasteiger partial charge in [-0.25, -0.2) is 14.6 Å². The molecule has 1 atom stereocenters. The van der Waals surface area contributed by atoms with Crippen molar-refractivity contribution in [3.63, 3.8) is 0 Å². The van der Waals surface area contributed by atoms with Crippen molar-refractivity contribution < 1.29 is 24.2 Å². The van der Waals surface area contributed by atoms with E-state index in [0.29, 0.717) is 49.9 Å². The first-order valence-electron chi connectivity index (χ1n) is 12.0. The van der Waals surface area contributed by atoms with E-state index in [4.69, 9.17) is 14.5 Å². The number of allylic oxidation sites excluding steroid dienone is 2. The predicted octanol–water partition coefficient (Wildman–Crippen LogP) is 2.93. The number of carbonyl (C=O) groups excluding carboxylic acids is 2. The van der Waals surface area contributed by atoms with Crippen molar-refractivity contribution in [3.05, 3.63) is 35.7 Å². The van der Waals surface area contributed by atoms with E-state index in [9.17, 15) is 14.7 Å². The number of amides is 1. The molecule has 1 aromatic heterocycles. The minimum Gasteiger partial charge on any atom is -0.461 e. The maximum Gasteiger partial charge on any atom is 0.410 e. The molecule has 1 fully saturated rings. The van der Waals surface area contributed by atoms with E-state index in [1.807, 2.05) is 37.8 Å². The summed E-state index contributed by atoms with van der Waals surface area (Å²) >= 11 is 0. The Morgan fingerprint density at radius 3 is 2.49 bits per heavy atom. The first-order chi connectivity index (χ1) is 16.6. The molecule has 0 saturated carbocycles. The van der Waals surface area contributed by atoms with Crippen LogP contribution in [0.3, 0.4) is 0 Å². The number of aromatic nitrogens is 2. The van der Waals surface area contributed by atoms with E-state index in [0.717, 1.165) is 0 Å². The Bertz CT molecular complexity index is 1050. The molecule has 1 unspecified atom stereocenters. The second-order valence-electron chi connectivity index (χ2n) is 9.67. The summed E-state index contributed by atoms with van der Waals surface area (Å²) in [6.45, 7) is 11.5. The monoisotopic (exact) mass is 484 g/mol. The molecule has 3 rings (SSSR count). The van der Waals surface area contributed by atoms with Crippen molar-refractivity contribution in [1.29, 1.82) is 0 Å². The molecule has 35 heavy (non-hydrogen) atoms. The van der Waals surface area contributed by atoms with Gasteiger partial charge in [0.05, 0.1) is 24.4 Å². The first kappa shape index (κ1) is 26.4. The van der Waals surface area contributed by atoms with E-state index < -0.39 is 17.2 Å². The number of ether oxygens (including phenoxy) is 2. The quantitative estimate of drug-likeness (QED) is 0.490. The molecule has 1 N–H and O–H groups in total. The minimum absolute atomic E-state index is 0.166. The molecule has 0 bridgehead atoms. The number of imidazole rings is 1. The lowest BCUT2D eigenvalue weighted by atomic mass is 9.90. The summed E-state index contributed by atoms with van der Waals surface area (Å²) in [5, 5.41) is 11.1. The van der Waals surface area contributed by atoms with E-state index >= 15 is 0 Å². The van der Waals surface area contributed by atoms with Crippen molar-refractivity contribution in [2.45, 2.75) is 65.2 Å². The second-order valence-corrected chi connectivity index (χ2v) is 9.67. The van der Waals surface area contributed by atoms with Crippen molar-refractivity contribution in [1.82, 2.24) is 14.5 Å². The third-order valence-corrected chi connectivity index (χ3v) is 5.72. The van der Waals surface area contributed by atoms with E-state index in [2.05, 4.69) is 11.8 Å². The summed E-state index contributed by atoms with van der Waals surface area (Å²) in [5.41, 5.74) is -0.933. The molecule has 0 aromatic carbocycles. The maximum atomic E-state index is 13.0. The number of esters is 1. The lowest BCUT2D eigenvalue weighted by molar-refractivity contribution is 0.0239. The molecule has 9 nitrogen and oxygen atoms in total. The zero-order valence-corrected chi connectivity index (χ0v) is 21.3. The van der Waals surface area contributed by atoms with Gasteiger partial charge in [-0.05, 0) is 41.0 Å². The fraction of sp³-hybridized carbons (Fsp3) is 0.577. The lowest BCUT2D eigenvalue weighted by Gasteiger charge is -2.36. The Morgan fingerprint density at radius 1 is 1.20 bits per heavy atom. The van der Waals surface area contributed by atoms with Gasteiger partial charge in [-0.1, -0.05) is 30.2 Å². The van der Waals surface area contributed by atoms with Gasteiger partial charge < -0.3 is 24.4 Å². The van der Waals surface area contributed by atoms with Crippen LogP contribution >= 0.6 is 0 Å². The van der Waals surface area contributed by atoms with Crippen LogP contribution in [0.15, 0.2) is 24.3 Å². The average Bonchev–Trinajstić information content (AvgIpc) is 3.14. The standard InChI is InChI=1S/C26H36N4O5/c1-6-8-14-30-21(22(31)34-7-2)20(19-26(33)12-10-9-11-13-26)27-23(30)28-15-17-29(18-16-28)24(32)35-25(3,4)5/h9-12,33H,7,13-19H2,1-5H3. The molecular formula is C26H36N4O5. The van der Waals surface area contributed by atoms with Gasteiger partial charge in [0, 0.05) is 32.6 Å². The topological polar surface area (TPSA) is 97.1 Å². The van der Waals surface area contributed by atoms with Crippen LogP contribution in [0.25, 0.3) is 0 Å². The number of anilines is 1. The van der Waals surface area contributed by atoms with Gasteiger partial charge in [0.2, 0.25) is 5.95 Å². The Balaban J connectivity index is 1.92.